The van der Waals surface area contributed by atoms with Gasteiger partial charge in [0.25, 0.3) is 0 Å². The molecule has 0 amide bonds. The van der Waals surface area contributed by atoms with E-state index in [4.69, 9.17) is 15.9 Å². The van der Waals surface area contributed by atoms with E-state index in [0.29, 0.717) is 11.4 Å². The molecule has 21 heavy (non-hydrogen) atoms. The lowest BCUT2D eigenvalue weighted by Crippen LogP contribution is -2.16. The van der Waals surface area contributed by atoms with Gasteiger partial charge in [0.1, 0.15) is 17.3 Å². The number of nitrogens with one attached hydrogen (secondary N) is 1. The van der Waals surface area contributed by atoms with E-state index in [0.717, 1.165) is 12.1 Å². The van der Waals surface area contributed by atoms with E-state index in [1.54, 1.807) is 38.4 Å². The Morgan fingerprint density at radius 2 is 1.67 bits per heavy atom. The molecule has 0 saturated heterocycles. The highest BCUT2D eigenvalue weighted by Gasteiger charge is 2.17. The molecule has 0 unspecified atom stereocenters. The standard InChI is InChI=1S/C15H15F2N3O/c1-20(10-3-5-11(21-2)6-4-10)14-12(16)7-9(15(18)19)8-13(14)17/h3-8H,1-2H3,(H3,18,19). The number of nitrogens with two attached hydrogens (primary N) is 1. The third kappa shape index (κ3) is 2.94. The maximum absolute atomic E-state index is 14.1. The fourth-order valence-corrected chi connectivity index (χ4v) is 1.98. The van der Waals surface area contributed by atoms with Gasteiger partial charge in [-0.25, -0.2) is 8.78 Å². The lowest BCUT2D eigenvalue weighted by molar-refractivity contribution is 0.415. The first-order valence-corrected chi connectivity index (χ1v) is 6.15. The first-order chi connectivity index (χ1) is 9.93. The van der Waals surface area contributed by atoms with Gasteiger partial charge in [0, 0.05) is 18.3 Å². The smallest absolute Gasteiger partial charge is 0.150 e. The summed E-state index contributed by atoms with van der Waals surface area (Å²) in [4.78, 5) is 1.38. The normalized spacial score (nSPS) is 10.3. The Balaban J connectivity index is 2.42. The zero-order valence-corrected chi connectivity index (χ0v) is 11.7. The zero-order chi connectivity index (χ0) is 15.6. The molecule has 2 aromatic rings. The van der Waals surface area contributed by atoms with Crippen molar-refractivity contribution in [3.05, 3.63) is 53.6 Å². The SMILES string of the molecule is COc1ccc(N(C)c2c(F)cc(C(=N)N)cc2F)cc1. The number of ether oxygens (including phenoxy) is 1. The molecule has 2 rings (SSSR count). The van der Waals surface area contributed by atoms with Crippen molar-refractivity contribution in [3.63, 3.8) is 0 Å². The van der Waals surface area contributed by atoms with Gasteiger partial charge in [-0.1, -0.05) is 0 Å². The van der Waals surface area contributed by atoms with Gasteiger partial charge in [0.15, 0.2) is 11.6 Å². The highest BCUT2D eigenvalue weighted by atomic mass is 19.1. The first-order valence-electron chi connectivity index (χ1n) is 6.15. The number of amidine groups is 1. The van der Waals surface area contributed by atoms with Gasteiger partial charge >= 0.3 is 0 Å². The molecule has 0 heterocycles. The van der Waals surface area contributed by atoms with Crippen molar-refractivity contribution in [3.8, 4) is 5.75 Å². The number of nitrogen functional groups attached to an aromatic ring is 1. The summed E-state index contributed by atoms with van der Waals surface area (Å²) < 4.78 is 33.2. The minimum Gasteiger partial charge on any atom is -0.497 e. The molecule has 0 aliphatic rings. The molecule has 0 fully saturated rings. The molecule has 2 aromatic carbocycles. The van der Waals surface area contributed by atoms with E-state index in [1.165, 1.54) is 4.90 Å². The van der Waals surface area contributed by atoms with Crippen molar-refractivity contribution < 1.29 is 13.5 Å². The van der Waals surface area contributed by atoms with Crippen molar-refractivity contribution in [2.75, 3.05) is 19.1 Å². The second-order valence-corrected chi connectivity index (χ2v) is 4.46. The summed E-state index contributed by atoms with van der Waals surface area (Å²) >= 11 is 0. The second kappa shape index (κ2) is 5.78. The molecule has 4 nitrogen and oxygen atoms in total. The third-order valence-corrected chi connectivity index (χ3v) is 3.12. The fraction of sp³-hybridized carbons (Fsp3) is 0.133. The summed E-state index contributed by atoms with van der Waals surface area (Å²) in [7, 11) is 3.09. The van der Waals surface area contributed by atoms with Gasteiger partial charge < -0.3 is 15.4 Å². The van der Waals surface area contributed by atoms with Crippen LogP contribution in [0.15, 0.2) is 36.4 Å². The van der Waals surface area contributed by atoms with Gasteiger partial charge in [-0.15, -0.1) is 0 Å². The van der Waals surface area contributed by atoms with Crippen molar-refractivity contribution in [1.82, 2.24) is 0 Å². The number of nitrogens with zero attached hydrogens (tertiary/aromatic N) is 1. The topological polar surface area (TPSA) is 62.3 Å². The number of anilines is 2. The molecule has 0 bridgehead atoms. The van der Waals surface area contributed by atoms with Crippen LogP contribution in [0.2, 0.25) is 0 Å². The van der Waals surface area contributed by atoms with Crippen LogP contribution in [-0.4, -0.2) is 20.0 Å². The summed E-state index contributed by atoms with van der Waals surface area (Å²) in [5.74, 6) is -1.29. The van der Waals surface area contributed by atoms with Crippen molar-refractivity contribution in [1.29, 1.82) is 5.41 Å². The average molecular weight is 291 g/mol. The monoisotopic (exact) mass is 291 g/mol. The molecule has 0 aromatic heterocycles. The highest BCUT2D eigenvalue weighted by molar-refractivity contribution is 5.95. The van der Waals surface area contributed by atoms with Gasteiger partial charge in [0.2, 0.25) is 0 Å². The molecule has 6 heteroatoms. The number of rotatable bonds is 4. The van der Waals surface area contributed by atoms with E-state index < -0.39 is 11.6 Å². The minimum absolute atomic E-state index is 0.0110. The van der Waals surface area contributed by atoms with Crippen LogP contribution in [0.5, 0.6) is 5.75 Å². The zero-order valence-electron chi connectivity index (χ0n) is 11.7. The summed E-state index contributed by atoms with van der Waals surface area (Å²) in [6.07, 6.45) is 0. The van der Waals surface area contributed by atoms with Crippen LogP contribution in [0.4, 0.5) is 20.2 Å². The maximum atomic E-state index is 14.1. The molecule has 0 atom stereocenters. The first kappa shape index (κ1) is 14.8. The summed E-state index contributed by atoms with van der Waals surface area (Å²) in [6.45, 7) is 0. The van der Waals surface area contributed by atoms with E-state index in [-0.39, 0.29) is 17.1 Å². The molecule has 0 radical (unpaired) electrons. The average Bonchev–Trinajstić information content (AvgIpc) is 2.46. The van der Waals surface area contributed by atoms with Gasteiger partial charge in [-0.3, -0.25) is 5.41 Å². The Morgan fingerprint density at radius 1 is 1.14 bits per heavy atom. The van der Waals surface area contributed by atoms with E-state index in [9.17, 15) is 8.78 Å². The number of hydrogen-bond acceptors (Lipinski definition) is 3. The van der Waals surface area contributed by atoms with Gasteiger partial charge in [-0.05, 0) is 36.4 Å². The Hall–Kier alpha value is -2.63. The Kier molecular flexibility index (Phi) is 4.07. The summed E-state index contributed by atoms with van der Waals surface area (Å²) in [5, 5.41) is 7.23. The number of hydrogen-bond donors (Lipinski definition) is 2. The second-order valence-electron chi connectivity index (χ2n) is 4.46. The highest BCUT2D eigenvalue weighted by Crippen LogP contribution is 2.30. The van der Waals surface area contributed by atoms with Gasteiger partial charge in [-0.2, -0.15) is 0 Å². The molecule has 110 valence electrons. The molecule has 0 aliphatic carbocycles. The summed E-state index contributed by atoms with van der Waals surface area (Å²) in [5.41, 5.74) is 5.65. The summed E-state index contributed by atoms with van der Waals surface area (Å²) in [6, 6.07) is 8.87. The Labute approximate surface area is 121 Å². The van der Waals surface area contributed by atoms with Crippen LogP contribution in [0.3, 0.4) is 0 Å². The van der Waals surface area contributed by atoms with Crippen LogP contribution in [0.1, 0.15) is 5.56 Å². The van der Waals surface area contributed by atoms with Crippen LogP contribution in [0, 0.1) is 17.0 Å². The van der Waals surface area contributed by atoms with Crippen LogP contribution >= 0.6 is 0 Å². The van der Waals surface area contributed by atoms with E-state index in [1.807, 2.05) is 0 Å². The van der Waals surface area contributed by atoms with Crippen LogP contribution in [-0.2, 0) is 0 Å². The molecule has 0 spiro atoms. The molecular weight excluding hydrogens is 276 g/mol. The van der Waals surface area contributed by atoms with E-state index in [2.05, 4.69) is 0 Å². The quantitative estimate of drug-likeness (QED) is 0.672. The minimum atomic E-state index is -0.779. The van der Waals surface area contributed by atoms with E-state index >= 15 is 0 Å². The molecule has 0 saturated carbocycles. The Bertz CT molecular complexity index is 648. The van der Waals surface area contributed by atoms with Crippen LogP contribution < -0.4 is 15.4 Å². The number of halogens is 2. The molecule has 0 aliphatic heterocycles. The fourth-order valence-electron chi connectivity index (χ4n) is 1.98. The van der Waals surface area contributed by atoms with Gasteiger partial charge in [0.05, 0.1) is 7.11 Å². The van der Waals surface area contributed by atoms with Crippen molar-refractivity contribution >= 4 is 17.2 Å². The number of methoxy groups -OCH3 is 1. The lowest BCUT2D eigenvalue weighted by atomic mass is 10.1. The lowest BCUT2D eigenvalue weighted by Gasteiger charge is -2.21. The maximum Gasteiger partial charge on any atom is 0.150 e. The molecule has 3 N–H and O–H groups in total. The molecular formula is C15H15F2N3O. The van der Waals surface area contributed by atoms with Crippen LogP contribution in [0.25, 0.3) is 0 Å². The predicted molar refractivity (Wildman–Crippen MR) is 78.4 cm³/mol. The van der Waals surface area contributed by atoms with Crippen molar-refractivity contribution in [2.24, 2.45) is 5.73 Å². The largest absolute Gasteiger partial charge is 0.497 e. The van der Waals surface area contributed by atoms with Crippen molar-refractivity contribution in [2.45, 2.75) is 0 Å². The Morgan fingerprint density at radius 3 is 2.10 bits per heavy atom. The third-order valence-electron chi connectivity index (χ3n) is 3.12. The predicted octanol–water partition coefficient (Wildman–Crippen LogP) is 3.03. The number of benzene rings is 2.